The van der Waals surface area contributed by atoms with Crippen molar-refractivity contribution in [3.63, 3.8) is 0 Å². The molecule has 4 heteroatoms. The van der Waals surface area contributed by atoms with Crippen molar-refractivity contribution in [2.75, 3.05) is 6.61 Å². The van der Waals surface area contributed by atoms with E-state index in [1.165, 1.54) is 0 Å². The number of benzene rings is 1. The molecule has 1 radical (unpaired) electrons. The van der Waals surface area contributed by atoms with Crippen molar-refractivity contribution in [2.45, 2.75) is 27.3 Å². The van der Waals surface area contributed by atoms with E-state index in [1.807, 2.05) is 39.0 Å². The number of ether oxygens (including phenoxy) is 1. The summed E-state index contributed by atoms with van der Waals surface area (Å²) in [5, 5.41) is 0. The predicted octanol–water partition coefficient (Wildman–Crippen LogP) is 3.51. The summed E-state index contributed by atoms with van der Waals surface area (Å²) in [5.41, 5.74) is 3.63. The second kappa shape index (κ2) is 8.45. The summed E-state index contributed by atoms with van der Waals surface area (Å²) < 4.78 is 7.28. The first-order valence-corrected chi connectivity index (χ1v) is 7.05. The van der Waals surface area contributed by atoms with Crippen molar-refractivity contribution < 1.29 is 37.4 Å². The van der Waals surface area contributed by atoms with Gasteiger partial charge in [0.25, 0.3) is 0 Å². The average molecular weight is 371 g/mol. The van der Waals surface area contributed by atoms with Crippen LogP contribution >= 0.6 is 0 Å². The molecular formula is C18H20NO2Y-. The minimum absolute atomic E-state index is 0. The SMILES string of the molecule is C=CCOc1ccc(-c2[c-]cc(C)c(=O)n2CC)c(C)c1.[Y]. The maximum Gasteiger partial charge on any atom is 0.197 e. The Morgan fingerprint density at radius 2 is 2.05 bits per heavy atom. The summed E-state index contributed by atoms with van der Waals surface area (Å²) >= 11 is 0. The van der Waals surface area contributed by atoms with Gasteiger partial charge in [-0.05, 0) is 19.1 Å². The molecule has 0 bridgehead atoms. The van der Waals surface area contributed by atoms with Gasteiger partial charge >= 0.3 is 0 Å². The largest absolute Gasteiger partial charge is 0.490 e. The Labute approximate surface area is 156 Å². The number of hydrogen-bond acceptors (Lipinski definition) is 2. The van der Waals surface area contributed by atoms with Gasteiger partial charge < -0.3 is 9.30 Å². The molecule has 0 fully saturated rings. The molecule has 0 saturated carbocycles. The number of nitrogens with zero attached hydrogens (tertiary/aromatic N) is 1. The third kappa shape index (κ3) is 3.96. The van der Waals surface area contributed by atoms with E-state index < -0.39 is 0 Å². The molecular weight excluding hydrogens is 351 g/mol. The van der Waals surface area contributed by atoms with Crippen molar-refractivity contribution in [3.05, 3.63) is 64.5 Å². The summed E-state index contributed by atoms with van der Waals surface area (Å²) in [6.07, 6.45) is 1.71. The molecule has 113 valence electrons. The van der Waals surface area contributed by atoms with Crippen LogP contribution in [0.2, 0.25) is 0 Å². The fraction of sp³-hybridized carbons (Fsp3) is 0.278. The average Bonchev–Trinajstić information content (AvgIpc) is 2.48. The Balaban J connectivity index is 0.00000242. The van der Waals surface area contributed by atoms with Crippen molar-refractivity contribution in [1.29, 1.82) is 0 Å². The van der Waals surface area contributed by atoms with Gasteiger partial charge in [0.1, 0.15) is 12.4 Å². The van der Waals surface area contributed by atoms with Gasteiger partial charge in [0.15, 0.2) is 5.56 Å². The standard InChI is InChI=1S/C18H20NO2.Y/c1-5-11-21-15-8-9-16(14(4)12-15)17-10-7-13(3)18(20)19(17)6-2;/h5,7-9,12H,1,6,11H2,2-4H3;/q-1;. The third-order valence-electron chi connectivity index (χ3n) is 3.41. The van der Waals surface area contributed by atoms with Crippen LogP contribution in [0.1, 0.15) is 18.1 Å². The van der Waals surface area contributed by atoms with E-state index in [9.17, 15) is 4.79 Å². The first kappa shape index (κ1) is 18.9. The van der Waals surface area contributed by atoms with Crippen LogP contribution in [0.4, 0.5) is 0 Å². The van der Waals surface area contributed by atoms with Crippen molar-refractivity contribution in [3.8, 4) is 17.0 Å². The zero-order valence-electron chi connectivity index (χ0n) is 13.3. The third-order valence-corrected chi connectivity index (χ3v) is 3.41. The van der Waals surface area contributed by atoms with Gasteiger partial charge in [-0.2, -0.15) is 12.1 Å². The molecule has 0 spiro atoms. The van der Waals surface area contributed by atoms with Gasteiger partial charge in [-0.3, -0.25) is 4.79 Å². The number of aryl methyl sites for hydroxylation is 2. The Bertz CT molecular complexity index is 720. The van der Waals surface area contributed by atoms with Gasteiger partial charge in [-0.1, -0.05) is 48.9 Å². The van der Waals surface area contributed by atoms with Crippen LogP contribution in [0.25, 0.3) is 11.3 Å². The van der Waals surface area contributed by atoms with Crippen LogP contribution in [0, 0.1) is 19.9 Å². The van der Waals surface area contributed by atoms with E-state index in [-0.39, 0.29) is 38.3 Å². The molecule has 1 aromatic carbocycles. The van der Waals surface area contributed by atoms with E-state index in [2.05, 4.69) is 12.6 Å². The fourth-order valence-corrected chi connectivity index (χ4v) is 2.30. The zero-order valence-corrected chi connectivity index (χ0v) is 16.2. The quantitative estimate of drug-likeness (QED) is 0.595. The fourth-order valence-electron chi connectivity index (χ4n) is 2.30. The summed E-state index contributed by atoms with van der Waals surface area (Å²) in [6.45, 7) is 10.5. The van der Waals surface area contributed by atoms with E-state index in [4.69, 9.17) is 4.74 Å². The first-order valence-electron chi connectivity index (χ1n) is 7.05. The summed E-state index contributed by atoms with van der Waals surface area (Å²) in [4.78, 5) is 12.2. The molecule has 0 N–H and O–H groups in total. The molecule has 0 atom stereocenters. The van der Waals surface area contributed by atoms with Gasteiger partial charge in [0.2, 0.25) is 0 Å². The van der Waals surface area contributed by atoms with Crippen LogP contribution in [0.5, 0.6) is 5.75 Å². The second-order valence-corrected chi connectivity index (χ2v) is 4.95. The monoisotopic (exact) mass is 371 g/mol. The van der Waals surface area contributed by atoms with Crippen LogP contribution in [-0.2, 0) is 39.3 Å². The molecule has 3 nitrogen and oxygen atoms in total. The molecule has 2 aromatic rings. The molecule has 1 aromatic heterocycles. The van der Waals surface area contributed by atoms with Gasteiger partial charge in [0.05, 0.1) is 0 Å². The topological polar surface area (TPSA) is 31.2 Å². The maximum absolute atomic E-state index is 12.2. The van der Waals surface area contributed by atoms with Gasteiger partial charge in [0, 0.05) is 39.3 Å². The first-order chi connectivity index (χ1) is 10.1. The van der Waals surface area contributed by atoms with Gasteiger partial charge in [-0.25, -0.2) is 0 Å². The second-order valence-electron chi connectivity index (χ2n) is 4.95. The Morgan fingerprint density at radius 3 is 2.64 bits per heavy atom. The predicted molar refractivity (Wildman–Crippen MR) is 85.8 cm³/mol. The van der Waals surface area contributed by atoms with E-state index in [0.29, 0.717) is 18.7 Å². The molecule has 2 rings (SSSR count). The minimum Gasteiger partial charge on any atom is -0.490 e. The molecule has 0 unspecified atom stereocenters. The van der Waals surface area contributed by atoms with Crippen LogP contribution in [-0.4, -0.2) is 11.2 Å². The van der Waals surface area contributed by atoms with E-state index >= 15 is 0 Å². The van der Waals surface area contributed by atoms with Gasteiger partial charge in [-0.15, -0.1) is 6.07 Å². The molecule has 22 heavy (non-hydrogen) atoms. The summed E-state index contributed by atoms with van der Waals surface area (Å²) in [5.74, 6) is 0.800. The van der Waals surface area contributed by atoms with Crippen molar-refractivity contribution in [2.24, 2.45) is 0 Å². The Hall–Kier alpha value is -1.19. The number of hydrogen-bond donors (Lipinski definition) is 0. The molecule has 0 aliphatic carbocycles. The number of aromatic nitrogens is 1. The minimum atomic E-state index is 0. The zero-order chi connectivity index (χ0) is 15.4. The molecule has 1 heterocycles. The maximum atomic E-state index is 12.2. The number of rotatable bonds is 5. The Morgan fingerprint density at radius 1 is 1.32 bits per heavy atom. The van der Waals surface area contributed by atoms with Crippen LogP contribution in [0.15, 0.2) is 41.7 Å². The molecule has 0 aliphatic heterocycles. The Kier molecular flexibility index (Phi) is 7.24. The molecule has 0 saturated heterocycles. The molecule has 0 aliphatic rings. The van der Waals surface area contributed by atoms with Crippen molar-refractivity contribution in [1.82, 2.24) is 4.57 Å². The molecule has 0 amide bonds. The van der Waals surface area contributed by atoms with Crippen LogP contribution in [0.3, 0.4) is 0 Å². The summed E-state index contributed by atoms with van der Waals surface area (Å²) in [6, 6.07) is 10.8. The van der Waals surface area contributed by atoms with E-state index in [1.54, 1.807) is 16.7 Å². The van der Waals surface area contributed by atoms with Crippen LogP contribution < -0.4 is 10.3 Å². The van der Waals surface area contributed by atoms with Crippen molar-refractivity contribution >= 4 is 0 Å². The van der Waals surface area contributed by atoms with E-state index in [0.717, 1.165) is 22.6 Å². The normalized spacial score (nSPS) is 9.95. The number of pyridine rings is 1. The smallest absolute Gasteiger partial charge is 0.197 e. The summed E-state index contributed by atoms with van der Waals surface area (Å²) in [7, 11) is 0.